The number of carboxylic acid groups (broad SMARTS) is 1. The van der Waals surface area contributed by atoms with Crippen molar-refractivity contribution in [2.75, 3.05) is 0 Å². The second-order valence-electron chi connectivity index (χ2n) is 5.59. The van der Waals surface area contributed by atoms with Crippen LogP contribution in [0.3, 0.4) is 0 Å². The molecule has 0 aromatic carbocycles. The maximum absolute atomic E-state index is 12.0. The molecule has 0 saturated heterocycles. The van der Waals surface area contributed by atoms with Crippen LogP contribution >= 0.6 is 27.3 Å². The van der Waals surface area contributed by atoms with Gasteiger partial charge in [0.1, 0.15) is 5.54 Å². The van der Waals surface area contributed by atoms with Crippen molar-refractivity contribution < 1.29 is 14.7 Å². The Hall–Kier alpha value is -1.08. The highest BCUT2D eigenvalue weighted by Gasteiger charge is 2.43. The second-order valence-corrected chi connectivity index (χ2v) is 7.44. The predicted molar refractivity (Wildman–Crippen MR) is 85.4 cm³/mol. The van der Waals surface area contributed by atoms with Crippen LogP contribution in [0.1, 0.15) is 37.5 Å². The smallest absolute Gasteiger partial charge is 0.329 e. The lowest BCUT2D eigenvalue weighted by Gasteiger charge is -2.36. The summed E-state index contributed by atoms with van der Waals surface area (Å²) in [5, 5.41) is 16.9. The largest absolute Gasteiger partial charge is 0.480 e. The molecule has 1 saturated carbocycles. The summed E-state index contributed by atoms with van der Waals surface area (Å²) in [4.78, 5) is 24.6. The molecule has 0 spiro atoms. The number of carbonyl (C=O) groups excluding carboxylic acids is 1. The lowest BCUT2D eigenvalue weighted by Crippen LogP contribution is -2.58. The average molecular weight is 375 g/mol. The lowest BCUT2D eigenvalue weighted by atomic mass is 9.76. The van der Waals surface area contributed by atoms with Crippen LogP contribution in [0.25, 0.3) is 0 Å². The second kappa shape index (κ2) is 6.79. The first kappa shape index (κ1) is 16.3. The topological polar surface area (TPSA) is 78.4 Å². The van der Waals surface area contributed by atoms with E-state index in [0.717, 1.165) is 22.2 Å². The highest BCUT2D eigenvalue weighted by atomic mass is 79.9. The minimum atomic E-state index is -1.13. The van der Waals surface area contributed by atoms with Gasteiger partial charge in [0.2, 0.25) is 0 Å². The molecule has 1 heterocycles. The molecule has 2 atom stereocenters. The lowest BCUT2D eigenvalue weighted by molar-refractivity contribution is -0.146. The average Bonchev–Trinajstić information content (AvgIpc) is 2.82. The molecule has 0 aliphatic heterocycles. The molecule has 3 N–H and O–H groups in total. The van der Waals surface area contributed by atoms with Crippen LogP contribution in [0, 0.1) is 5.92 Å². The van der Waals surface area contributed by atoms with Crippen molar-refractivity contribution in [1.29, 1.82) is 0 Å². The van der Waals surface area contributed by atoms with Crippen molar-refractivity contribution in [3.63, 3.8) is 0 Å². The SMILES string of the molecule is CC1CCCC(NC(=O)NCc2sccc2Br)(C(=O)O)C1. The zero-order chi connectivity index (χ0) is 15.5. The van der Waals surface area contributed by atoms with E-state index in [1.54, 1.807) is 0 Å². The minimum Gasteiger partial charge on any atom is -0.480 e. The molecule has 2 rings (SSSR count). The van der Waals surface area contributed by atoms with Crippen molar-refractivity contribution in [1.82, 2.24) is 10.6 Å². The van der Waals surface area contributed by atoms with Crippen LogP contribution in [0.5, 0.6) is 0 Å². The number of amides is 2. The summed E-state index contributed by atoms with van der Waals surface area (Å²) < 4.78 is 0.951. The number of thiophene rings is 1. The molecule has 1 aliphatic carbocycles. The number of carboxylic acids is 1. The number of nitrogens with one attached hydrogen (secondary N) is 2. The van der Waals surface area contributed by atoms with E-state index in [9.17, 15) is 14.7 Å². The zero-order valence-electron chi connectivity index (χ0n) is 11.8. The van der Waals surface area contributed by atoms with E-state index < -0.39 is 17.5 Å². The van der Waals surface area contributed by atoms with Gasteiger partial charge in [0.15, 0.2) is 0 Å². The van der Waals surface area contributed by atoms with Crippen molar-refractivity contribution in [3.8, 4) is 0 Å². The van der Waals surface area contributed by atoms with Crippen LogP contribution in [0.4, 0.5) is 4.79 Å². The van der Waals surface area contributed by atoms with E-state index in [2.05, 4.69) is 26.6 Å². The van der Waals surface area contributed by atoms with E-state index in [-0.39, 0.29) is 0 Å². The van der Waals surface area contributed by atoms with Gasteiger partial charge in [0.25, 0.3) is 0 Å². The fraction of sp³-hybridized carbons (Fsp3) is 0.571. The summed E-state index contributed by atoms with van der Waals surface area (Å²) in [6.07, 6.45) is 2.81. The molecule has 5 nitrogen and oxygen atoms in total. The number of carbonyl (C=O) groups is 2. The monoisotopic (exact) mass is 374 g/mol. The third-order valence-corrected chi connectivity index (χ3v) is 5.79. The van der Waals surface area contributed by atoms with E-state index in [1.165, 1.54) is 11.3 Å². The molecule has 0 radical (unpaired) electrons. The third-order valence-electron chi connectivity index (χ3n) is 3.86. The molecule has 7 heteroatoms. The Labute approximate surface area is 136 Å². The zero-order valence-corrected chi connectivity index (χ0v) is 14.2. The van der Waals surface area contributed by atoms with Crippen LogP contribution in [0.15, 0.2) is 15.9 Å². The standard InChI is InChI=1S/C14H19BrN2O3S/c1-9-3-2-5-14(7-9,12(18)19)17-13(20)16-8-11-10(15)4-6-21-11/h4,6,9H,2-3,5,7-8H2,1H3,(H,18,19)(H2,16,17,20). The molecule has 1 fully saturated rings. The number of halogens is 1. The van der Waals surface area contributed by atoms with Gasteiger partial charge in [0, 0.05) is 9.35 Å². The first-order valence-corrected chi connectivity index (χ1v) is 8.61. The number of aliphatic carboxylic acids is 1. The third kappa shape index (κ3) is 3.97. The van der Waals surface area contributed by atoms with Gasteiger partial charge in [0.05, 0.1) is 6.54 Å². The normalized spacial score (nSPS) is 25.3. The van der Waals surface area contributed by atoms with Gasteiger partial charge < -0.3 is 15.7 Å². The van der Waals surface area contributed by atoms with Gasteiger partial charge in [-0.2, -0.15) is 0 Å². The molecule has 2 amide bonds. The maximum atomic E-state index is 12.0. The summed E-state index contributed by atoms with van der Waals surface area (Å²) in [6, 6.07) is 1.49. The van der Waals surface area contributed by atoms with Crippen LogP contribution in [0.2, 0.25) is 0 Å². The fourth-order valence-corrected chi connectivity index (χ4v) is 4.22. The summed E-state index contributed by atoms with van der Waals surface area (Å²) in [5.41, 5.74) is -1.13. The van der Waals surface area contributed by atoms with E-state index >= 15 is 0 Å². The first-order chi connectivity index (χ1) is 9.93. The summed E-state index contributed by atoms with van der Waals surface area (Å²) in [6.45, 7) is 2.41. The summed E-state index contributed by atoms with van der Waals surface area (Å²) >= 11 is 4.94. The molecule has 1 aromatic heterocycles. The Morgan fingerprint density at radius 1 is 1.57 bits per heavy atom. The van der Waals surface area contributed by atoms with Crippen molar-refractivity contribution in [2.45, 2.75) is 44.7 Å². The van der Waals surface area contributed by atoms with Crippen LogP contribution in [-0.4, -0.2) is 22.6 Å². The summed E-state index contributed by atoms with van der Waals surface area (Å²) in [5.74, 6) is -0.636. The quantitative estimate of drug-likeness (QED) is 0.755. The molecule has 1 aliphatic rings. The molecule has 0 bridgehead atoms. The van der Waals surface area contributed by atoms with Gasteiger partial charge in [-0.15, -0.1) is 11.3 Å². The van der Waals surface area contributed by atoms with E-state index in [0.29, 0.717) is 25.3 Å². The number of urea groups is 1. The fourth-order valence-electron chi connectivity index (χ4n) is 2.79. The van der Waals surface area contributed by atoms with Crippen molar-refractivity contribution in [3.05, 3.63) is 20.8 Å². The number of hydrogen-bond acceptors (Lipinski definition) is 3. The molecule has 21 heavy (non-hydrogen) atoms. The number of rotatable bonds is 4. The van der Waals surface area contributed by atoms with Gasteiger partial charge in [-0.05, 0) is 46.1 Å². The Kier molecular flexibility index (Phi) is 5.27. The highest BCUT2D eigenvalue weighted by Crippen LogP contribution is 2.32. The van der Waals surface area contributed by atoms with Crippen LogP contribution in [-0.2, 0) is 11.3 Å². The van der Waals surface area contributed by atoms with Gasteiger partial charge in [-0.1, -0.05) is 19.8 Å². The van der Waals surface area contributed by atoms with E-state index in [1.807, 2.05) is 18.4 Å². The van der Waals surface area contributed by atoms with E-state index in [4.69, 9.17) is 0 Å². The van der Waals surface area contributed by atoms with Crippen LogP contribution < -0.4 is 10.6 Å². The first-order valence-electron chi connectivity index (χ1n) is 6.94. The molecular weight excluding hydrogens is 356 g/mol. The van der Waals surface area contributed by atoms with Gasteiger partial charge in [-0.25, -0.2) is 9.59 Å². The number of hydrogen-bond donors (Lipinski definition) is 3. The predicted octanol–water partition coefficient (Wildman–Crippen LogP) is 3.34. The molecule has 116 valence electrons. The maximum Gasteiger partial charge on any atom is 0.329 e. The molecule has 2 unspecified atom stereocenters. The Balaban J connectivity index is 1.95. The Morgan fingerprint density at radius 3 is 2.90 bits per heavy atom. The van der Waals surface area contributed by atoms with Gasteiger partial charge in [-0.3, -0.25) is 0 Å². The Bertz CT molecular complexity index is 534. The highest BCUT2D eigenvalue weighted by molar-refractivity contribution is 9.10. The van der Waals surface area contributed by atoms with Crippen molar-refractivity contribution in [2.24, 2.45) is 5.92 Å². The summed E-state index contributed by atoms with van der Waals surface area (Å²) in [7, 11) is 0. The van der Waals surface area contributed by atoms with Gasteiger partial charge >= 0.3 is 12.0 Å². The Morgan fingerprint density at radius 2 is 2.33 bits per heavy atom. The molecule has 1 aromatic rings. The van der Waals surface area contributed by atoms with Crippen molar-refractivity contribution >= 4 is 39.3 Å². The molecular formula is C14H19BrN2O3S. The minimum absolute atomic E-state index is 0.307.